The van der Waals surface area contributed by atoms with Gasteiger partial charge in [-0.1, -0.05) is 6.07 Å². The highest BCUT2D eigenvalue weighted by Crippen LogP contribution is 2.29. The van der Waals surface area contributed by atoms with E-state index in [1.807, 2.05) is 24.3 Å². The summed E-state index contributed by atoms with van der Waals surface area (Å²) in [6, 6.07) is 7.77. The van der Waals surface area contributed by atoms with Gasteiger partial charge in [0.15, 0.2) is 0 Å². The zero-order valence-electron chi connectivity index (χ0n) is 14.4. The van der Waals surface area contributed by atoms with E-state index in [1.165, 1.54) is 4.90 Å². The molecule has 0 atom stereocenters. The highest BCUT2D eigenvalue weighted by atomic mass is 16.5. The first-order valence-corrected chi connectivity index (χ1v) is 8.26. The lowest BCUT2D eigenvalue weighted by atomic mass is 10.0. The maximum atomic E-state index is 11.1. The highest BCUT2D eigenvalue weighted by molar-refractivity contribution is 5.67. The van der Waals surface area contributed by atoms with E-state index in [-0.39, 0.29) is 6.04 Å². The largest absolute Gasteiger partial charge is 0.496 e. The van der Waals surface area contributed by atoms with Gasteiger partial charge in [-0.05, 0) is 31.0 Å². The molecular weight excluding hydrogens is 320 g/mol. The number of amides is 1. The Morgan fingerprint density at radius 3 is 2.76 bits per heavy atom. The third-order valence-electron chi connectivity index (χ3n) is 4.65. The fourth-order valence-electron chi connectivity index (χ4n) is 3.14. The van der Waals surface area contributed by atoms with Crippen LogP contribution in [0.3, 0.4) is 0 Å². The van der Waals surface area contributed by atoms with Crippen molar-refractivity contribution in [1.82, 2.24) is 14.9 Å². The van der Waals surface area contributed by atoms with Crippen LogP contribution in [-0.2, 0) is 0 Å². The van der Waals surface area contributed by atoms with Crippen LogP contribution in [0.25, 0.3) is 11.3 Å². The first kappa shape index (κ1) is 17.0. The van der Waals surface area contributed by atoms with Crippen molar-refractivity contribution in [2.75, 3.05) is 32.1 Å². The van der Waals surface area contributed by atoms with Gasteiger partial charge in [0.25, 0.3) is 0 Å². The molecule has 7 nitrogen and oxygen atoms in total. The number of carbonyl (C=O) groups is 1. The summed E-state index contributed by atoms with van der Waals surface area (Å²) in [5.74, 6) is 1.63. The summed E-state index contributed by atoms with van der Waals surface area (Å²) in [4.78, 5) is 23.6. The van der Waals surface area contributed by atoms with Crippen molar-refractivity contribution in [3.05, 3.63) is 36.7 Å². The van der Waals surface area contributed by atoms with Crippen molar-refractivity contribution in [3.8, 4) is 17.0 Å². The van der Waals surface area contributed by atoms with E-state index >= 15 is 0 Å². The van der Waals surface area contributed by atoms with Crippen LogP contribution in [0.2, 0.25) is 0 Å². The second kappa shape index (κ2) is 7.38. The summed E-state index contributed by atoms with van der Waals surface area (Å²) in [5, 5.41) is 9.11. The predicted molar refractivity (Wildman–Crippen MR) is 95.0 cm³/mol. The minimum atomic E-state index is -0.873. The van der Waals surface area contributed by atoms with Gasteiger partial charge < -0.3 is 19.6 Å². The summed E-state index contributed by atoms with van der Waals surface area (Å²) in [6.07, 6.45) is 4.16. The van der Waals surface area contributed by atoms with Gasteiger partial charge >= 0.3 is 6.09 Å². The van der Waals surface area contributed by atoms with E-state index in [9.17, 15) is 4.79 Å². The van der Waals surface area contributed by atoms with Gasteiger partial charge in [-0.2, -0.15) is 0 Å². The molecule has 0 unspecified atom stereocenters. The molecular formula is C18H22N4O3. The molecule has 7 heteroatoms. The molecule has 1 aliphatic heterocycles. The predicted octanol–water partition coefficient (Wildman–Crippen LogP) is 2.73. The summed E-state index contributed by atoms with van der Waals surface area (Å²) >= 11 is 0. The van der Waals surface area contributed by atoms with Crippen LogP contribution in [0.5, 0.6) is 5.75 Å². The second-order valence-electron chi connectivity index (χ2n) is 6.07. The van der Waals surface area contributed by atoms with Crippen molar-refractivity contribution in [1.29, 1.82) is 0 Å². The fourth-order valence-corrected chi connectivity index (χ4v) is 3.14. The van der Waals surface area contributed by atoms with Crippen LogP contribution >= 0.6 is 0 Å². The molecule has 0 spiro atoms. The molecule has 1 amide bonds. The number of methoxy groups -OCH3 is 1. The molecule has 0 aliphatic carbocycles. The molecule has 0 aromatic carbocycles. The molecule has 1 saturated heterocycles. The van der Waals surface area contributed by atoms with Gasteiger partial charge in [-0.3, -0.25) is 4.98 Å². The number of carboxylic acid groups (broad SMARTS) is 1. The van der Waals surface area contributed by atoms with E-state index in [2.05, 4.69) is 9.88 Å². The molecule has 0 saturated carbocycles. The molecule has 25 heavy (non-hydrogen) atoms. The highest BCUT2D eigenvalue weighted by Gasteiger charge is 2.25. The summed E-state index contributed by atoms with van der Waals surface area (Å²) in [6.45, 7) is 1.56. The van der Waals surface area contributed by atoms with Gasteiger partial charge in [0, 0.05) is 38.6 Å². The summed E-state index contributed by atoms with van der Waals surface area (Å²) in [5.41, 5.74) is 1.67. The Labute approximate surface area is 146 Å². The molecule has 3 rings (SSSR count). The maximum absolute atomic E-state index is 11.1. The van der Waals surface area contributed by atoms with E-state index in [0.29, 0.717) is 0 Å². The summed E-state index contributed by atoms with van der Waals surface area (Å²) in [7, 11) is 3.27. The quantitative estimate of drug-likeness (QED) is 0.920. The van der Waals surface area contributed by atoms with E-state index in [4.69, 9.17) is 14.8 Å². The summed E-state index contributed by atoms with van der Waals surface area (Å²) < 4.78 is 5.39. The van der Waals surface area contributed by atoms with Crippen molar-refractivity contribution >= 4 is 11.9 Å². The number of hydrogen-bond acceptors (Lipinski definition) is 5. The topological polar surface area (TPSA) is 78.8 Å². The lowest BCUT2D eigenvalue weighted by molar-refractivity contribution is 0.131. The zero-order valence-corrected chi connectivity index (χ0v) is 14.4. The average molecular weight is 342 g/mol. The molecule has 132 valence electrons. The molecule has 0 bridgehead atoms. The number of rotatable bonds is 4. The minimum Gasteiger partial charge on any atom is -0.496 e. The number of ether oxygens (including phenoxy) is 1. The van der Waals surface area contributed by atoms with Crippen LogP contribution in [0.15, 0.2) is 36.7 Å². The average Bonchev–Trinajstić information content (AvgIpc) is 2.67. The van der Waals surface area contributed by atoms with Crippen LogP contribution in [0, 0.1) is 0 Å². The normalized spacial score (nSPS) is 15.0. The zero-order chi connectivity index (χ0) is 17.8. The van der Waals surface area contributed by atoms with Gasteiger partial charge in [0.05, 0.1) is 18.4 Å². The number of piperidine rings is 1. The number of nitrogens with zero attached hydrogens (tertiary/aromatic N) is 4. The second-order valence-corrected chi connectivity index (χ2v) is 6.07. The Hall–Kier alpha value is -2.83. The van der Waals surface area contributed by atoms with Crippen LogP contribution < -0.4 is 9.64 Å². The Balaban J connectivity index is 1.76. The monoisotopic (exact) mass is 342 g/mol. The van der Waals surface area contributed by atoms with Gasteiger partial charge in [-0.15, -0.1) is 0 Å². The molecule has 1 N–H and O–H groups in total. The maximum Gasteiger partial charge on any atom is 0.407 e. The van der Waals surface area contributed by atoms with Crippen molar-refractivity contribution < 1.29 is 14.6 Å². The Bertz CT molecular complexity index is 745. The lowest BCUT2D eigenvalue weighted by Gasteiger charge is -2.36. The Morgan fingerprint density at radius 1 is 1.32 bits per heavy atom. The standard InChI is InChI=1S/C18H22N4O3/c1-21(18(23)24)13-7-10-22(11-8-13)17-5-3-4-15(20-17)14-12-19-9-6-16(14)25-2/h3-6,9,12-13H,7-8,10-11H2,1-2H3,(H,23,24). The SMILES string of the molecule is COc1ccncc1-c1cccc(N2CCC(N(C)C(=O)O)CC2)n1. The molecule has 2 aromatic rings. The van der Waals surface area contributed by atoms with E-state index in [0.717, 1.165) is 48.8 Å². The van der Waals surface area contributed by atoms with Crippen LogP contribution in [-0.4, -0.2) is 59.4 Å². The van der Waals surface area contributed by atoms with E-state index in [1.54, 1.807) is 26.6 Å². The van der Waals surface area contributed by atoms with E-state index < -0.39 is 6.09 Å². The number of anilines is 1. The molecule has 0 radical (unpaired) electrons. The third kappa shape index (κ3) is 3.65. The third-order valence-corrected chi connectivity index (χ3v) is 4.65. The molecule has 2 aromatic heterocycles. The lowest BCUT2D eigenvalue weighted by Crippen LogP contribution is -2.45. The Morgan fingerprint density at radius 2 is 2.08 bits per heavy atom. The van der Waals surface area contributed by atoms with Gasteiger partial charge in [0.2, 0.25) is 0 Å². The van der Waals surface area contributed by atoms with Crippen molar-refractivity contribution in [2.24, 2.45) is 0 Å². The fraction of sp³-hybridized carbons (Fsp3) is 0.389. The number of pyridine rings is 2. The van der Waals surface area contributed by atoms with Crippen molar-refractivity contribution in [3.63, 3.8) is 0 Å². The van der Waals surface area contributed by atoms with Crippen LogP contribution in [0.4, 0.5) is 10.6 Å². The minimum absolute atomic E-state index is 0.0651. The molecule has 1 aliphatic rings. The number of aromatic nitrogens is 2. The van der Waals surface area contributed by atoms with Crippen molar-refractivity contribution in [2.45, 2.75) is 18.9 Å². The molecule has 1 fully saturated rings. The Kier molecular flexibility index (Phi) is 5.02. The van der Waals surface area contributed by atoms with Crippen LogP contribution in [0.1, 0.15) is 12.8 Å². The van der Waals surface area contributed by atoms with Gasteiger partial charge in [0.1, 0.15) is 11.6 Å². The first-order chi connectivity index (χ1) is 12.1. The smallest absolute Gasteiger partial charge is 0.407 e. The number of hydrogen-bond donors (Lipinski definition) is 1. The first-order valence-electron chi connectivity index (χ1n) is 8.26. The molecule has 3 heterocycles. The van der Waals surface area contributed by atoms with Gasteiger partial charge in [-0.25, -0.2) is 9.78 Å².